The molecule has 4 nitrogen and oxygen atoms in total. The van der Waals surface area contributed by atoms with E-state index in [1.807, 2.05) is 27.7 Å². The van der Waals surface area contributed by atoms with Crippen LogP contribution in [0.25, 0.3) is 0 Å². The smallest absolute Gasteiger partial charge is 0.105 e. The Morgan fingerprint density at radius 3 is 2.54 bits per heavy atom. The van der Waals surface area contributed by atoms with Gasteiger partial charge >= 0.3 is 0 Å². The molecule has 0 spiro atoms. The van der Waals surface area contributed by atoms with Crippen molar-refractivity contribution in [1.29, 1.82) is 0 Å². The third-order valence-corrected chi connectivity index (χ3v) is 1.79. The summed E-state index contributed by atoms with van der Waals surface area (Å²) in [7, 11) is 0. The van der Waals surface area contributed by atoms with Crippen molar-refractivity contribution in [1.82, 2.24) is 9.78 Å². The molecule has 1 rings (SSSR count). The van der Waals surface area contributed by atoms with Gasteiger partial charge in [-0.15, -0.1) is 0 Å². The average molecular weight is 182 g/mol. The lowest BCUT2D eigenvalue weighted by atomic mass is 10.1. The number of rotatable bonds is 2. The first-order valence-corrected chi connectivity index (χ1v) is 4.45. The van der Waals surface area contributed by atoms with Crippen molar-refractivity contribution >= 4 is 5.69 Å². The Morgan fingerprint density at radius 1 is 1.54 bits per heavy atom. The summed E-state index contributed by atoms with van der Waals surface area (Å²) in [5, 5.41) is 16.7. The summed E-state index contributed by atoms with van der Waals surface area (Å²) in [4.78, 5) is 0. The van der Waals surface area contributed by atoms with Gasteiger partial charge in [-0.1, -0.05) is 5.21 Å². The van der Waals surface area contributed by atoms with Gasteiger partial charge in [0.15, 0.2) is 0 Å². The Labute approximate surface area is 78.7 Å². The van der Waals surface area contributed by atoms with Crippen LogP contribution in [-0.4, -0.2) is 15.3 Å². The molecule has 0 fully saturated rings. The predicted octanol–water partition coefficient (Wildman–Crippen LogP) is 1.85. The Balaban J connectivity index is 2.83. The van der Waals surface area contributed by atoms with Crippen LogP contribution in [0.4, 0.5) is 5.69 Å². The van der Waals surface area contributed by atoms with Crippen molar-refractivity contribution in [3.63, 3.8) is 0 Å². The van der Waals surface area contributed by atoms with Gasteiger partial charge in [-0.05, 0) is 27.7 Å². The molecule has 73 valence electrons. The predicted molar refractivity (Wildman–Crippen MR) is 50.8 cm³/mol. The molecule has 1 aromatic heterocycles. The molecule has 4 heteroatoms. The summed E-state index contributed by atoms with van der Waals surface area (Å²) in [6, 6.07) is 0. The fourth-order valence-corrected chi connectivity index (χ4v) is 1.02. The van der Waals surface area contributed by atoms with Crippen molar-refractivity contribution in [2.45, 2.75) is 39.8 Å². The molecule has 0 bridgehead atoms. The Hall–Kier alpha value is -1.03. The zero-order chi connectivity index (χ0) is 10.1. The summed E-state index contributed by atoms with van der Waals surface area (Å²) in [6.45, 7) is 8.41. The molecule has 0 N–H and O–H groups in total. The third kappa shape index (κ3) is 2.21. The van der Waals surface area contributed by atoms with Crippen molar-refractivity contribution < 1.29 is 5.21 Å². The van der Waals surface area contributed by atoms with Crippen molar-refractivity contribution in [3.05, 3.63) is 12.4 Å². The quantitative estimate of drug-likeness (QED) is 0.655. The molecule has 0 saturated heterocycles. The van der Waals surface area contributed by atoms with Crippen LogP contribution in [0.15, 0.2) is 12.4 Å². The largest absolute Gasteiger partial charge is 0.271 e. The minimum Gasteiger partial charge on any atom is -0.271 e. The van der Waals surface area contributed by atoms with E-state index in [2.05, 4.69) is 5.10 Å². The van der Waals surface area contributed by atoms with Gasteiger partial charge in [0.05, 0.1) is 17.9 Å². The van der Waals surface area contributed by atoms with Gasteiger partial charge in [-0.25, -0.2) is 5.06 Å². The van der Waals surface area contributed by atoms with E-state index in [0.29, 0.717) is 5.69 Å². The Bertz CT molecular complexity index is 275. The Kier molecular flexibility index (Phi) is 2.61. The highest BCUT2D eigenvalue weighted by atomic mass is 16.5. The van der Waals surface area contributed by atoms with Gasteiger partial charge < -0.3 is 0 Å². The minimum absolute atomic E-state index is 0.401. The second-order valence-electron chi connectivity index (χ2n) is 4.02. The molecular weight excluding hydrogens is 166 g/mol. The van der Waals surface area contributed by atoms with E-state index in [0.717, 1.165) is 11.6 Å². The van der Waals surface area contributed by atoms with Crippen LogP contribution >= 0.6 is 0 Å². The monoisotopic (exact) mass is 182 g/mol. The normalized spacial score (nSPS) is 11.8. The summed E-state index contributed by atoms with van der Waals surface area (Å²) in [6.07, 6.45) is 3.36. The molecule has 0 aliphatic carbocycles. The highest BCUT2D eigenvalue weighted by Crippen LogP contribution is 2.20. The maximum atomic E-state index is 11.7. The SMILES string of the molecule is CCn1cc(N([O])C(C)(C)C)cn1. The van der Waals surface area contributed by atoms with E-state index in [1.165, 1.54) is 0 Å². The van der Waals surface area contributed by atoms with Crippen LogP contribution in [0.3, 0.4) is 0 Å². The zero-order valence-corrected chi connectivity index (χ0v) is 8.61. The topological polar surface area (TPSA) is 41.0 Å². The second kappa shape index (κ2) is 3.38. The molecule has 0 aliphatic heterocycles. The molecule has 13 heavy (non-hydrogen) atoms. The lowest BCUT2D eigenvalue weighted by molar-refractivity contribution is 0.102. The molecule has 0 amide bonds. The molecule has 1 radical (unpaired) electrons. The van der Waals surface area contributed by atoms with Crippen LogP contribution in [0, 0.1) is 0 Å². The number of hydrogen-bond acceptors (Lipinski definition) is 2. The molecular formula is C9H16N3O. The first kappa shape index (κ1) is 10.1. The molecule has 1 heterocycles. The lowest BCUT2D eigenvalue weighted by Gasteiger charge is -2.27. The van der Waals surface area contributed by atoms with Gasteiger partial charge in [-0.3, -0.25) is 4.68 Å². The number of aryl methyl sites for hydroxylation is 1. The number of anilines is 1. The summed E-state index contributed by atoms with van der Waals surface area (Å²) >= 11 is 0. The molecule has 0 atom stereocenters. The van der Waals surface area contributed by atoms with E-state index in [-0.39, 0.29) is 0 Å². The van der Waals surface area contributed by atoms with Gasteiger partial charge in [-0.2, -0.15) is 5.10 Å². The van der Waals surface area contributed by atoms with Crippen LogP contribution in [0.5, 0.6) is 0 Å². The molecule has 0 aliphatic rings. The van der Waals surface area contributed by atoms with E-state index in [1.54, 1.807) is 17.1 Å². The maximum absolute atomic E-state index is 11.7. The van der Waals surface area contributed by atoms with Crippen LogP contribution in [0.1, 0.15) is 27.7 Å². The van der Waals surface area contributed by atoms with Gasteiger partial charge in [0.1, 0.15) is 5.69 Å². The first-order valence-electron chi connectivity index (χ1n) is 4.45. The standard InChI is InChI=1S/C9H16N3O/c1-5-11-7-8(6-10-11)12(13)9(2,3)4/h6-7H,5H2,1-4H3. The summed E-state index contributed by atoms with van der Waals surface area (Å²) in [5.41, 5.74) is 0.219. The van der Waals surface area contributed by atoms with Gasteiger partial charge in [0.25, 0.3) is 0 Å². The number of hydrogen-bond donors (Lipinski definition) is 0. The fraction of sp³-hybridized carbons (Fsp3) is 0.667. The van der Waals surface area contributed by atoms with Crippen LogP contribution in [-0.2, 0) is 11.8 Å². The summed E-state index contributed by atoms with van der Waals surface area (Å²) < 4.78 is 1.74. The molecule has 1 aromatic rings. The van der Waals surface area contributed by atoms with Crippen molar-refractivity contribution in [2.75, 3.05) is 5.06 Å². The maximum Gasteiger partial charge on any atom is 0.105 e. The van der Waals surface area contributed by atoms with E-state index in [9.17, 15) is 5.21 Å². The number of aromatic nitrogens is 2. The van der Waals surface area contributed by atoms with Crippen LogP contribution in [0.2, 0.25) is 0 Å². The van der Waals surface area contributed by atoms with Crippen molar-refractivity contribution in [3.8, 4) is 0 Å². The number of hydroxylamine groups is 1. The molecule has 0 unspecified atom stereocenters. The van der Waals surface area contributed by atoms with Crippen LogP contribution < -0.4 is 5.06 Å². The van der Waals surface area contributed by atoms with Gasteiger partial charge in [0.2, 0.25) is 0 Å². The average Bonchev–Trinajstić information content (AvgIpc) is 2.48. The second-order valence-corrected chi connectivity index (χ2v) is 4.02. The Morgan fingerprint density at radius 2 is 2.15 bits per heavy atom. The fourth-order valence-electron chi connectivity index (χ4n) is 1.02. The van der Waals surface area contributed by atoms with E-state index in [4.69, 9.17) is 0 Å². The summed E-state index contributed by atoms with van der Waals surface area (Å²) in [5.74, 6) is 0. The highest BCUT2D eigenvalue weighted by Gasteiger charge is 2.22. The minimum atomic E-state index is -0.401. The first-order chi connectivity index (χ1) is 5.95. The van der Waals surface area contributed by atoms with Crippen molar-refractivity contribution in [2.24, 2.45) is 0 Å². The zero-order valence-electron chi connectivity index (χ0n) is 8.61. The third-order valence-electron chi connectivity index (χ3n) is 1.79. The number of nitrogens with zero attached hydrogens (tertiary/aromatic N) is 3. The lowest BCUT2D eigenvalue weighted by Crippen LogP contribution is -2.37. The molecule has 0 aromatic carbocycles. The van der Waals surface area contributed by atoms with E-state index >= 15 is 0 Å². The van der Waals surface area contributed by atoms with Gasteiger partial charge in [0, 0.05) is 6.54 Å². The molecule has 0 saturated carbocycles. The van der Waals surface area contributed by atoms with E-state index < -0.39 is 5.54 Å². The highest BCUT2D eigenvalue weighted by molar-refractivity contribution is 5.40.